The fourth-order valence-corrected chi connectivity index (χ4v) is 3.26. The van der Waals surface area contributed by atoms with Crippen LogP contribution in [0.3, 0.4) is 0 Å². The van der Waals surface area contributed by atoms with Gasteiger partial charge in [0.25, 0.3) is 0 Å². The number of nitrogens with zero attached hydrogens (tertiary/aromatic N) is 1. The van der Waals surface area contributed by atoms with Crippen molar-refractivity contribution in [3.05, 3.63) is 21.3 Å². The number of rotatable bonds is 2. The monoisotopic (exact) mass is 263 g/mol. The van der Waals surface area contributed by atoms with Crippen LogP contribution in [0.4, 0.5) is 0 Å². The SMILES string of the molecule is CC1C(Cl)CCCN1Cc1ccsc1Cl. The molecule has 1 fully saturated rings. The summed E-state index contributed by atoms with van der Waals surface area (Å²) in [6, 6.07) is 2.56. The normalized spacial score (nSPS) is 28.2. The molecule has 0 spiro atoms. The number of thiophene rings is 1. The molecule has 2 rings (SSSR count). The van der Waals surface area contributed by atoms with Crippen LogP contribution in [-0.4, -0.2) is 22.9 Å². The van der Waals surface area contributed by atoms with E-state index in [0.717, 1.165) is 23.8 Å². The summed E-state index contributed by atoms with van der Waals surface area (Å²) in [5.74, 6) is 0. The molecule has 0 aromatic carbocycles. The Hall–Kier alpha value is 0.240. The summed E-state index contributed by atoms with van der Waals surface area (Å²) < 4.78 is 0.916. The molecule has 4 heteroatoms. The zero-order valence-electron chi connectivity index (χ0n) is 8.75. The molecule has 2 unspecified atom stereocenters. The maximum absolute atomic E-state index is 6.27. The van der Waals surface area contributed by atoms with Gasteiger partial charge in [-0.25, -0.2) is 0 Å². The average Bonchev–Trinajstić information content (AvgIpc) is 2.60. The van der Waals surface area contributed by atoms with Crippen LogP contribution < -0.4 is 0 Å². The Morgan fingerprint density at radius 1 is 1.60 bits per heavy atom. The Balaban J connectivity index is 2.02. The van der Waals surface area contributed by atoms with E-state index in [-0.39, 0.29) is 5.38 Å². The van der Waals surface area contributed by atoms with Crippen molar-refractivity contribution >= 4 is 34.5 Å². The molecule has 0 N–H and O–H groups in total. The van der Waals surface area contributed by atoms with E-state index in [9.17, 15) is 0 Å². The highest BCUT2D eigenvalue weighted by Gasteiger charge is 2.26. The van der Waals surface area contributed by atoms with Crippen molar-refractivity contribution in [2.24, 2.45) is 0 Å². The fraction of sp³-hybridized carbons (Fsp3) is 0.636. The molecule has 1 aliphatic heterocycles. The molecule has 15 heavy (non-hydrogen) atoms. The standard InChI is InChI=1S/C11H15Cl2NS/c1-8-10(12)3-2-5-14(8)7-9-4-6-15-11(9)13/h4,6,8,10H,2-3,5,7H2,1H3. The topological polar surface area (TPSA) is 3.24 Å². The van der Waals surface area contributed by atoms with Gasteiger partial charge in [0.05, 0.1) is 4.34 Å². The smallest absolute Gasteiger partial charge is 0.0973 e. The lowest BCUT2D eigenvalue weighted by Gasteiger charge is -2.36. The zero-order chi connectivity index (χ0) is 10.8. The minimum atomic E-state index is 0.288. The number of hydrogen-bond donors (Lipinski definition) is 0. The molecule has 2 atom stereocenters. The van der Waals surface area contributed by atoms with Crippen molar-refractivity contribution < 1.29 is 0 Å². The number of halogens is 2. The molecule has 1 aromatic rings. The van der Waals surface area contributed by atoms with Gasteiger partial charge >= 0.3 is 0 Å². The first-order chi connectivity index (χ1) is 7.18. The molecule has 1 nitrogen and oxygen atoms in total. The Kier molecular flexibility index (Phi) is 3.94. The van der Waals surface area contributed by atoms with Gasteiger partial charge in [-0.2, -0.15) is 0 Å². The highest BCUT2D eigenvalue weighted by Crippen LogP contribution is 2.28. The Morgan fingerprint density at radius 3 is 3.07 bits per heavy atom. The predicted molar refractivity (Wildman–Crippen MR) is 68.1 cm³/mol. The van der Waals surface area contributed by atoms with Gasteiger partial charge < -0.3 is 0 Å². The Morgan fingerprint density at radius 2 is 2.40 bits per heavy atom. The van der Waals surface area contributed by atoms with Crippen molar-refractivity contribution in [1.29, 1.82) is 0 Å². The summed E-state index contributed by atoms with van der Waals surface area (Å²) in [7, 11) is 0. The predicted octanol–water partition coefficient (Wildman–Crippen LogP) is 3.99. The van der Waals surface area contributed by atoms with Crippen LogP contribution in [0.2, 0.25) is 4.34 Å². The van der Waals surface area contributed by atoms with Gasteiger partial charge in [0, 0.05) is 18.0 Å². The molecule has 0 radical (unpaired) electrons. The Labute approximate surface area is 105 Å². The molecule has 0 bridgehead atoms. The van der Waals surface area contributed by atoms with Crippen molar-refractivity contribution in [2.45, 2.75) is 37.7 Å². The quantitative estimate of drug-likeness (QED) is 0.730. The van der Waals surface area contributed by atoms with Crippen LogP contribution in [0.1, 0.15) is 25.3 Å². The largest absolute Gasteiger partial charge is 0.295 e. The number of likely N-dealkylation sites (tertiary alicyclic amines) is 1. The van der Waals surface area contributed by atoms with Gasteiger partial charge in [0.2, 0.25) is 0 Å². The third kappa shape index (κ3) is 2.68. The van der Waals surface area contributed by atoms with Gasteiger partial charge in [-0.1, -0.05) is 11.6 Å². The zero-order valence-corrected chi connectivity index (χ0v) is 11.1. The second-order valence-corrected chi connectivity index (χ2v) is 6.17. The molecular formula is C11H15Cl2NS. The lowest BCUT2D eigenvalue weighted by Crippen LogP contribution is -2.43. The lowest BCUT2D eigenvalue weighted by atomic mass is 10.0. The highest BCUT2D eigenvalue weighted by molar-refractivity contribution is 7.14. The first-order valence-electron chi connectivity index (χ1n) is 5.28. The molecule has 0 aliphatic carbocycles. The van der Waals surface area contributed by atoms with Gasteiger partial charge in [0.15, 0.2) is 0 Å². The fourth-order valence-electron chi connectivity index (χ4n) is 2.04. The van der Waals surface area contributed by atoms with Crippen molar-refractivity contribution in [3.8, 4) is 0 Å². The van der Waals surface area contributed by atoms with E-state index in [1.165, 1.54) is 12.0 Å². The van der Waals surface area contributed by atoms with E-state index in [4.69, 9.17) is 23.2 Å². The van der Waals surface area contributed by atoms with Crippen LogP contribution in [0.25, 0.3) is 0 Å². The summed E-state index contributed by atoms with van der Waals surface area (Å²) >= 11 is 14.0. The summed E-state index contributed by atoms with van der Waals surface area (Å²) in [6.07, 6.45) is 2.33. The summed E-state index contributed by atoms with van der Waals surface area (Å²) in [5, 5.41) is 2.33. The van der Waals surface area contributed by atoms with Gasteiger partial charge in [0.1, 0.15) is 0 Å². The maximum Gasteiger partial charge on any atom is 0.0973 e. The molecule has 1 saturated heterocycles. The molecule has 0 saturated carbocycles. The lowest BCUT2D eigenvalue weighted by molar-refractivity contribution is 0.156. The van der Waals surface area contributed by atoms with E-state index in [1.54, 1.807) is 11.3 Å². The maximum atomic E-state index is 6.27. The first-order valence-corrected chi connectivity index (χ1v) is 6.98. The van der Waals surface area contributed by atoms with E-state index in [1.807, 2.05) is 5.38 Å². The third-order valence-electron chi connectivity index (χ3n) is 3.09. The van der Waals surface area contributed by atoms with Gasteiger partial charge in [-0.3, -0.25) is 4.90 Å². The van der Waals surface area contributed by atoms with Crippen molar-refractivity contribution in [2.75, 3.05) is 6.54 Å². The van der Waals surface area contributed by atoms with Crippen LogP contribution in [-0.2, 0) is 6.54 Å². The highest BCUT2D eigenvalue weighted by atomic mass is 35.5. The van der Waals surface area contributed by atoms with Crippen molar-refractivity contribution in [1.82, 2.24) is 4.90 Å². The van der Waals surface area contributed by atoms with Gasteiger partial charge in [-0.15, -0.1) is 22.9 Å². The third-order valence-corrected chi connectivity index (χ3v) is 4.93. The molecular weight excluding hydrogens is 249 g/mol. The Bertz CT molecular complexity index is 326. The molecule has 0 amide bonds. The number of piperidine rings is 1. The van der Waals surface area contributed by atoms with E-state index in [2.05, 4.69) is 17.9 Å². The molecule has 84 valence electrons. The summed E-state index contributed by atoms with van der Waals surface area (Å²) in [5.41, 5.74) is 1.24. The number of alkyl halides is 1. The number of hydrogen-bond acceptors (Lipinski definition) is 2. The van der Waals surface area contributed by atoms with Crippen LogP contribution >= 0.6 is 34.5 Å². The average molecular weight is 264 g/mol. The van der Waals surface area contributed by atoms with E-state index in [0.29, 0.717) is 6.04 Å². The first kappa shape index (κ1) is 11.7. The summed E-state index contributed by atoms with van der Waals surface area (Å²) in [6.45, 7) is 4.28. The molecule has 1 aliphatic rings. The van der Waals surface area contributed by atoms with Crippen LogP contribution in [0, 0.1) is 0 Å². The molecule has 2 heterocycles. The van der Waals surface area contributed by atoms with Crippen LogP contribution in [0.15, 0.2) is 11.4 Å². The van der Waals surface area contributed by atoms with E-state index < -0.39 is 0 Å². The second kappa shape index (κ2) is 5.05. The van der Waals surface area contributed by atoms with Crippen molar-refractivity contribution in [3.63, 3.8) is 0 Å². The van der Waals surface area contributed by atoms with Crippen LogP contribution in [0.5, 0.6) is 0 Å². The van der Waals surface area contributed by atoms with Gasteiger partial charge in [-0.05, 0) is 43.3 Å². The minimum absolute atomic E-state index is 0.288. The molecule has 1 aromatic heterocycles. The second-order valence-electron chi connectivity index (χ2n) is 4.09. The minimum Gasteiger partial charge on any atom is -0.295 e. The van der Waals surface area contributed by atoms with E-state index >= 15 is 0 Å². The summed E-state index contributed by atoms with van der Waals surface area (Å²) in [4.78, 5) is 2.43.